The number of allylic oxidation sites excluding steroid dienone is 4. The third-order valence-electron chi connectivity index (χ3n) is 10.5. The molecule has 3 N–H and O–H groups in total. The second kappa shape index (κ2) is 41.5. The van der Waals surface area contributed by atoms with Crippen LogP contribution in [0, 0.1) is 0 Å². The summed E-state index contributed by atoms with van der Waals surface area (Å²) < 4.78 is 5.90. The van der Waals surface area contributed by atoms with Crippen molar-refractivity contribution >= 4 is 11.9 Å². The van der Waals surface area contributed by atoms with Gasteiger partial charge in [0, 0.05) is 6.42 Å². The second-order valence-corrected chi connectivity index (χ2v) is 15.8. The van der Waals surface area contributed by atoms with Crippen molar-refractivity contribution in [3.63, 3.8) is 0 Å². The van der Waals surface area contributed by atoms with Crippen LogP contribution in [0.5, 0.6) is 0 Å². The minimum atomic E-state index is -0.782. The van der Waals surface area contributed by atoms with Crippen molar-refractivity contribution in [1.82, 2.24) is 5.32 Å². The molecule has 0 saturated heterocycles. The summed E-state index contributed by atoms with van der Waals surface area (Å²) in [7, 11) is 0. The Morgan fingerprint density at radius 2 is 1.02 bits per heavy atom. The van der Waals surface area contributed by atoms with E-state index >= 15 is 0 Å². The van der Waals surface area contributed by atoms with Crippen molar-refractivity contribution in [1.29, 1.82) is 0 Å². The molecule has 0 aliphatic carbocycles. The lowest BCUT2D eigenvalue weighted by molar-refractivity contribution is -0.151. The van der Waals surface area contributed by atoms with E-state index in [9.17, 15) is 19.8 Å². The Balaban J connectivity index is 4.56. The van der Waals surface area contributed by atoms with Gasteiger partial charge in [0.1, 0.15) is 6.10 Å². The number of carbonyl (C=O) groups excluding carboxylic acids is 2. The van der Waals surface area contributed by atoms with Crippen molar-refractivity contribution in [3.05, 3.63) is 24.3 Å². The summed E-state index contributed by atoms with van der Waals surface area (Å²) in [6.07, 6.45) is 45.2. The molecule has 6 nitrogen and oxygen atoms in total. The number of unbranched alkanes of at least 4 members (excludes halogenated alkanes) is 25. The van der Waals surface area contributed by atoms with Gasteiger partial charge in [-0.25, -0.2) is 0 Å². The van der Waals surface area contributed by atoms with Gasteiger partial charge in [-0.05, 0) is 51.4 Å². The first-order valence-corrected chi connectivity index (χ1v) is 23.1. The quantitative estimate of drug-likeness (QED) is 0.0329. The number of amides is 1. The van der Waals surface area contributed by atoms with Crippen LogP contribution in [0.2, 0.25) is 0 Å². The Labute approximate surface area is 329 Å². The largest absolute Gasteiger partial charge is 0.462 e. The zero-order valence-electron chi connectivity index (χ0n) is 35.4. The lowest BCUT2D eigenvalue weighted by atomic mass is 10.0. The summed E-state index contributed by atoms with van der Waals surface area (Å²) in [4.78, 5) is 26.0. The molecule has 0 spiro atoms. The lowest BCUT2D eigenvalue weighted by Gasteiger charge is -2.24. The van der Waals surface area contributed by atoms with Crippen LogP contribution < -0.4 is 5.32 Å². The molecule has 3 atom stereocenters. The van der Waals surface area contributed by atoms with E-state index in [1.54, 1.807) is 0 Å². The average molecular weight is 748 g/mol. The summed E-state index contributed by atoms with van der Waals surface area (Å²) in [6.45, 7) is 6.35. The predicted molar refractivity (Wildman–Crippen MR) is 227 cm³/mol. The van der Waals surface area contributed by atoms with Crippen LogP contribution in [0.4, 0.5) is 0 Å². The second-order valence-electron chi connectivity index (χ2n) is 15.8. The fraction of sp³-hybridized carbons (Fsp3) is 0.872. The molecule has 0 bridgehead atoms. The van der Waals surface area contributed by atoms with Gasteiger partial charge in [-0.15, -0.1) is 0 Å². The number of ether oxygens (including phenoxy) is 1. The zero-order valence-corrected chi connectivity index (χ0v) is 35.4. The lowest BCUT2D eigenvalue weighted by Crippen LogP contribution is -2.46. The SMILES string of the molecule is CC/C=C/C/C=C/CCCCCCCCCC(=O)OC(CCCCCCCCCCCCC)CC(=O)NC(CO)C(O)CCCCCCCCCCC. The minimum Gasteiger partial charge on any atom is -0.462 e. The first-order chi connectivity index (χ1) is 26.0. The van der Waals surface area contributed by atoms with E-state index in [1.807, 2.05) is 0 Å². The molecule has 3 unspecified atom stereocenters. The zero-order chi connectivity index (χ0) is 38.9. The summed E-state index contributed by atoms with van der Waals surface area (Å²) in [5, 5.41) is 23.6. The van der Waals surface area contributed by atoms with E-state index in [0.29, 0.717) is 19.3 Å². The molecule has 0 aliphatic rings. The molecule has 0 rings (SSSR count). The van der Waals surface area contributed by atoms with E-state index in [4.69, 9.17) is 4.74 Å². The Bertz CT molecular complexity index is 843. The highest BCUT2D eigenvalue weighted by Crippen LogP contribution is 2.18. The van der Waals surface area contributed by atoms with E-state index in [1.165, 1.54) is 122 Å². The van der Waals surface area contributed by atoms with Crippen LogP contribution in [0.25, 0.3) is 0 Å². The Hall–Kier alpha value is -1.66. The monoisotopic (exact) mass is 748 g/mol. The van der Waals surface area contributed by atoms with E-state index in [-0.39, 0.29) is 24.9 Å². The predicted octanol–water partition coefficient (Wildman–Crippen LogP) is 13.2. The fourth-order valence-corrected chi connectivity index (χ4v) is 7.06. The number of carbonyl (C=O) groups is 2. The first-order valence-electron chi connectivity index (χ1n) is 23.1. The van der Waals surface area contributed by atoms with Crippen molar-refractivity contribution in [3.8, 4) is 0 Å². The van der Waals surface area contributed by atoms with Gasteiger partial charge >= 0.3 is 5.97 Å². The number of rotatable bonds is 41. The van der Waals surface area contributed by atoms with Crippen LogP contribution in [0.3, 0.4) is 0 Å². The molecule has 0 aromatic rings. The van der Waals surface area contributed by atoms with Gasteiger partial charge < -0.3 is 20.3 Å². The minimum absolute atomic E-state index is 0.0788. The highest BCUT2D eigenvalue weighted by molar-refractivity contribution is 5.77. The maximum atomic E-state index is 13.1. The Morgan fingerprint density at radius 1 is 0.566 bits per heavy atom. The third-order valence-corrected chi connectivity index (χ3v) is 10.5. The maximum absolute atomic E-state index is 13.1. The summed E-state index contributed by atoms with van der Waals surface area (Å²) in [5.41, 5.74) is 0. The molecule has 0 aliphatic heterocycles. The number of aliphatic hydroxyl groups is 2. The van der Waals surface area contributed by atoms with Crippen LogP contribution in [0.1, 0.15) is 239 Å². The van der Waals surface area contributed by atoms with Crippen LogP contribution in [-0.2, 0) is 14.3 Å². The number of nitrogens with one attached hydrogen (secondary N) is 1. The van der Waals surface area contributed by atoms with Gasteiger partial charge in [0.05, 0.1) is 25.2 Å². The number of aliphatic hydroxyl groups excluding tert-OH is 2. The summed E-state index contributed by atoms with van der Waals surface area (Å²) >= 11 is 0. The van der Waals surface area contributed by atoms with Crippen molar-refractivity contribution < 1.29 is 24.5 Å². The molecule has 6 heteroatoms. The van der Waals surface area contributed by atoms with Crippen LogP contribution in [0.15, 0.2) is 24.3 Å². The number of esters is 1. The van der Waals surface area contributed by atoms with Crippen molar-refractivity contribution in [2.75, 3.05) is 6.61 Å². The number of hydrogen-bond donors (Lipinski definition) is 3. The average Bonchev–Trinajstić information content (AvgIpc) is 3.15. The molecule has 53 heavy (non-hydrogen) atoms. The third kappa shape index (κ3) is 37.1. The molecule has 0 fully saturated rings. The summed E-state index contributed by atoms with van der Waals surface area (Å²) in [5.74, 6) is -0.476. The topological polar surface area (TPSA) is 95.9 Å². The van der Waals surface area contributed by atoms with Gasteiger partial charge in [0.25, 0.3) is 0 Å². The Morgan fingerprint density at radius 3 is 1.53 bits per heavy atom. The first kappa shape index (κ1) is 51.3. The highest BCUT2D eigenvalue weighted by atomic mass is 16.5. The Kier molecular flexibility index (Phi) is 40.2. The standard InChI is InChI=1S/C47H89NO5/c1-4-7-10-13-16-19-21-22-23-25-28-31-34-37-40-47(52)53-43(38-35-32-29-27-24-20-17-14-11-8-5-2)41-46(51)48-44(42-49)45(50)39-36-33-30-26-18-15-12-9-6-3/h7,10,16,19,43-45,49-50H,4-6,8-9,11-15,17-18,20-42H2,1-3H3,(H,48,51)/b10-7+,19-16+. The van der Waals surface area contributed by atoms with E-state index < -0.39 is 18.2 Å². The van der Waals surface area contributed by atoms with Gasteiger partial charge in [0.2, 0.25) is 5.91 Å². The van der Waals surface area contributed by atoms with Gasteiger partial charge in [-0.1, -0.05) is 199 Å². The molecule has 312 valence electrons. The molecule has 0 saturated carbocycles. The molecule has 0 heterocycles. The van der Waals surface area contributed by atoms with Crippen LogP contribution in [-0.4, -0.2) is 46.9 Å². The molecular formula is C47H89NO5. The van der Waals surface area contributed by atoms with Gasteiger partial charge in [-0.3, -0.25) is 9.59 Å². The molecule has 0 aromatic carbocycles. The van der Waals surface area contributed by atoms with Crippen LogP contribution >= 0.6 is 0 Å². The molecular weight excluding hydrogens is 659 g/mol. The smallest absolute Gasteiger partial charge is 0.306 e. The number of hydrogen-bond acceptors (Lipinski definition) is 5. The van der Waals surface area contributed by atoms with Gasteiger partial charge in [-0.2, -0.15) is 0 Å². The molecule has 0 radical (unpaired) electrons. The van der Waals surface area contributed by atoms with E-state index in [2.05, 4.69) is 50.4 Å². The van der Waals surface area contributed by atoms with Crippen molar-refractivity contribution in [2.24, 2.45) is 0 Å². The van der Waals surface area contributed by atoms with E-state index in [0.717, 1.165) is 70.6 Å². The van der Waals surface area contributed by atoms with Crippen molar-refractivity contribution in [2.45, 2.75) is 257 Å². The maximum Gasteiger partial charge on any atom is 0.306 e. The summed E-state index contributed by atoms with van der Waals surface area (Å²) in [6, 6.07) is -0.695. The fourth-order valence-electron chi connectivity index (χ4n) is 7.06. The highest BCUT2D eigenvalue weighted by Gasteiger charge is 2.24. The molecule has 0 aromatic heterocycles. The van der Waals surface area contributed by atoms with Gasteiger partial charge in [0.15, 0.2) is 0 Å². The molecule has 1 amide bonds. The normalized spacial score (nSPS) is 13.5.